The van der Waals surface area contributed by atoms with Gasteiger partial charge in [-0.2, -0.15) is 0 Å². The summed E-state index contributed by atoms with van der Waals surface area (Å²) in [6.07, 6.45) is 3.81. The number of carbonyl (C=O) groups excluding carboxylic acids is 1. The lowest BCUT2D eigenvalue weighted by Gasteiger charge is -2.26. The lowest BCUT2D eigenvalue weighted by Crippen LogP contribution is -2.29. The van der Waals surface area contributed by atoms with Gasteiger partial charge in [-0.05, 0) is 61.3 Å². The molecule has 1 saturated heterocycles. The molecule has 2 aromatic carbocycles. The fourth-order valence-electron chi connectivity index (χ4n) is 3.76. The topological polar surface area (TPSA) is 65.2 Å². The lowest BCUT2D eigenvalue weighted by atomic mass is 10.1. The van der Waals surface area contributed by atoms with Crippen LogP contribution in [0.15, 0.2) is 71.5 Å². The maximum Gasteiger partial charge on any atom is 0.261 e. The SMILES string of the molecule is O=C(Nc1cccc(CN2CCCCC2)c1)c1ccc(-c2ccccc2)[nH]c1=O. The molecular formula is C24H25N3O2. The largest absolute Gasteiger partial charge is 0.322 e. The molecule has 0 saturated carbocycles. The molecule has 1 aliphatic rings. The Kier molecular flexibility index (Phi) is 5.86. The van der Waals surface area contributed by atoms with E-state index in [2.05, 4.69) is 21.3 Å². The van der Waals surface area contributed by atoms with Crippen molar-refractivity contribution in [2.24, 2.45) is 0 Å². The summed E-state index contributed by atoms with van der Waals surface area (Å²) in [5, 5.41) is 2.86. The highest BCUT2D eigenvalue weighted by Crippen LogP contribution is 2.18. The Morgan fingerprint density at radius 3 is 2.48 bits per heavy atom. The van der Waals surface area contributed by atoms with Crippen molar-refractivity contribution in [3.05, 3.63) is 88.2 Å². The number of H-pyrrole nitrogens is 1. The minimum atomic E-state index is -0.402. The summed E-state index contributed by atoms with van der Waals surface area (Å²) >= 11 is 0. The second-order valence-electron chi connectivity index (χ2n) is 7.47. The quantitative estimate of drug-likeness (QED) is 0.687. The Morgan fingerprint density at radius 1 is 0.931 bits per heavy atom. The van der Waals surface area contributed by atoms with Crippen LogP contribution in [-0.2, 0) is 6.54 Å². The van der Waals surface area contributed by atoms with E-state index in [1.807, 2.05) is 48.5 Å². The molecule has 0 bridgehead atoms. The summed E-state index contributed by atoms with van der Waals surface area (Å²) in [4.78, 5) is 30.3. The van der Waals surface area contributed by atoms with E-state index >= 15 is 0 Å². The second-order valence-corrected chi connectivity index (χ2v) is 7.47. The molecule has 1 aliphatic heterocycles. The molecule has 148 valence electrons. The molecule has 1 fully saturated rings. The first-order chi connectivity index (χ1) is 14.2. The number of aromatic amines is 1. The zero-order valence-corrected chi connectivity index (χ0v) is 16.4. The van der Waals surface area contributed by atoms with Crippen LogP contribution in [0.25, 0.3) is 11.3 Å². The van der Waals surface area contributed by atoms with Gasteiger partial charge in [-0.3, -0.25) is 14.5 Å². The second kappa shape index (κ2) is 8.88. The van der Waals surface area contributed by atoms with Gasteiger partial charge in [0.15, 0.2) is 0 Å². The average Bonchev–Trinajstić information content (AvgIpc) is 2.75. The van der Waals surface area contributed by atoms with Gasteiger partial charge in [0.2, 0.25) is 0 Å². The van der Waals surface area contributed by atoms with Gasteiger partial charge < -0.3 is 10.3 Å². The van der Waals surface area contributed by atoms with Crippen molar-refractivity contribution >= 4 is 11.6 Å². The van der Waals surface area contributed by atoms with Crippen LogP contribution in [0.2, 0.25) is 0 Å². The van der Waals surface area contributed by atoms with Crippen LogP contribution in [0.5, 0.6) is 0 Å². The summed E-state index contributed by atoms with van der Waals surface area (Å²) in [5.74, 6) is -0.402. The van der Waals surface area contributed by atoms with Crippen LogP contribution < -0.4 is 10.9 Å². The first kappa shape index (κ1) is 19.2. The van der Waals surface area contributed by atoms with Crippen molar-refractivity contribution in [2.45, 2.75) is 25.8 Å². The smallest absolute Gasteiger partial charge is 0.261 e. The predicted octanol–water partition coefficient (Wildman–Crippen LogP) is 4.28. The van der Waals surface area contributed by atoms with Crippen molar-refractivity contribution in [3.8, 4) is 11.3 Å². The van der Waals surface area contributed by atoms with Gasteiger partial charge in [0.05, 0.1) is 0 Å². The number of carbonyl (C=O) groups is 1. The highest BCUT2D eigenvalue weighted by Gasteiger charge is 2.13. The van der Waals surface area contributed by atoms with E-state index < -0.39 is 11.5 Å². The molecule has 5 nitrogen and oxygen atoms in total. The van der Waals surface area contributed by atoms with Gasteiger partial charge in [-0.15, -0.1) is 0 Å². The average molecular weight is 387 g/mol. The van der Waals surface area contributed by atoms with Crippen molar-refractivity contribution < 1.29 is 4.79 Å². The molecule has 0 atom stereocenters. The summed E-state index contributed by atoms with van der Waals surface area (Å²) in [6.45, 7) is 3.13. The Hall–Kier alpha value is -3.18. The molecule has 2 heterocycles. The van der Waals surface area contributed by atoms with Crippen LogP contribution in [0.4, 0.5) is 5.69 Å². The molecule has 1 amide bonds. The minimum absolute atomic E-state index is 0.103. The van der Waals surface area contributed by atoms with Crippen molar-refractivity contribution in [3.63, 3.8) is 0 Å². The number of benzene rings is 2. The first-order valence-corrected chi connectivity index (χ1v) is 10.1. The molecule has 4 rings (SSSR count). The third-order valence-corrected chi connectivity index (χ3v) is 5.28. The van der Waals surface area contributed by atoms with E-state index in [1.54, 1.807) is 12.1 Å². The molecule has 2 N–H and O–H groups in total. The highest BCUT2D eigenvalue weighted by atomic mass is 16.2. The molecular weight excluding hydrogens is 362 g/mol. The van der Waals surface area contributed by atoms with Gasteiger partial charge in [0, 0.05) is 17.9 Å². The lowest BCUT2D eigenvalue weighted by molar-refractivity contribution is 0.102. The maximum atomic E-state index is 12.6. The Bertz CT molecular complexity index is 1040. The summed E-state index contributed by atoms with van der Waals surface area (Å²) in [7, 11) is 0. The predicted molar refractivity (Wildman–Crippen MR) is 116 cm³/mol. The van der Waals surface area contributed by atoms with Crippen LogP contribution in [0, 0.1) is 0 Å². The van der Waals surface area contributed by atoms with Gasteiger partial charge in [0.1, 0.15) is 5.56 Å². The number of hydrogen-bond acceptors (Lipinski definition) is 3. The number of aromatic nitrogens is 1. The molecule has 0 spiro atoms. The number of piperidine rings is 1. The molecule has 5 heteroatoms. The molecule has 3 aromatic rings. The number of likely N-dealkylation sites (tertiary alicyclic amines) is 1. The maximum absolute atomic E-state index is 12.6. The number of hydrogen-bond donors (Lipinski definition) is 2. The summed E-state index contributed by atoms with van der Waals surface area (Å²) in [6, 6.07) is 20.8. The van der Waals surface area contributed by atoms with Crippen molar-refractivity contribution in [1.82, 2.24) is 9.88 Å². The summed E-state index contributed by atoms with van der Waals surface area (Å²) < 4.78 is 0. The zero-order valence-electron chi connectivity index (χ0n) is 16.4. The van der Waals surface area contributed by atoms with Gasteiger partial charge >= 0.3 is 0 Å². The number of pyridine rings is 1. The molecule has 29 heavy (non-hydrogen) atoms. The van der Waals surface area contributed by atoms with Gasteiger partial charge in [-0.1, -0.05) is 48.9 Å². The third kappa shape index (κ3) is 4.81. The van der Waals surface area contributed by atoms with E-state index in [0.717, 1.165) is 30.8 Å². The Balaban J connectivity index is 1.46. The van der Waals surface area contributed by atoms with Gasteiger partial charge in [0.25, 0.3) is 11.5 Å². The van der Waals surface area contributed by atoms with E-state index in [9.17, 15) is 9.59 Å². The third-order valence-electron chi connectivity index (χ3n) is 5.28. The number of amides is 1. The fraction of sp³-hybridized carbons (Fsp3) is 0.250. The highest BCUT2D eigenvalue weighted by molar-refractivity contribution is 6.04. The number of anilines is 1. The van der Waals surface area contributed by atoms with E-state index in [-0.39, 0.29) is 5.56 Å². The van der Waals surface area contributed by atoms with Crippen LogP contribution in [0.3, 0.4) is 0 Å². The van der Waals surface area contributed by atoms with Crippen LogP contribution >= 0.6 is 0 Å². The molecule has 1 aromatic heterocycles. The number of rotatable bonds is 5. The summed E-state index contributed by atoms with van der Waals surface area (Å²) in [5.41, 5.74) is 3.17. The van der Waals surface area contributed by atoms with E-state index in [1.165, 1.54) is 19.3 Å². The van der Waals surface area contributed by atoms with Crippen LogP contribution in [0.1, 0.15) is 35.2 Å². The first-order valence-electron chi connectivity index (χ1n) is 10.1. The minimum Gasteiger partial charge on any atom is -0.322 e. The fourth-order valence-corrected chi connectivity index (χ4v) is 3.76. The molecule has 0 aliphatic carbocycles. The Morgan fingerprint density at radius 2 is 1.72 bits per heavy atom. The van der Waals surface area contributed by atoms with E-state index in [4.69, 9.17) is 0 Å². The molecule has 0 unspecified atom stereocenters. The van der Waals surface area contributed by atoms with E-state index in [0.29, 0.717) is 11.4 Å². The standard InChI is InChI=1S/C24H25N3O2/c28-23(21-12-13-22(26-24(21)29)19-9-3-1-4-10-19)25-20-11-7-8-18(16-20)17-27-14-5-2-6-15-27/h1,3-4,7-13,16H,2,5-6,14-15,17H2,(H,25,28)(H,26,29). The number of nitrogens with one attached hydrogen (secondary N) is 2. The normalized spacial score (nSPS) is 14.5. The molecule has 0 radical (unpaired) electrons. The zero-order chi connectivity index (χ0) is 20.1. The van der Waals surface area contributed by atoms with Crippen LogP contribution in [-0.4, -0.2) is 28.9 Å². The van der Waals surface area contributed by atoms with Gasteiger partial charge in [-0.25, -0.2) is 0 Å². The van der Waals surface area contributed by atoms with Crippen molar-refractivity contribution in [1.29, 1.82) is 0 Å². The number of nitrogens with zero attached hydrogens (tertiary/aromatic N) is 1. The van der Waals surface area contributed by atoms with Crippen molar-refractivity contribution in [2.75, 3.05) is 18.4 Å². The monoisotopic (exact) mass is 387 g/mol. The Labute approximate surface area is 170 Å².